The minimum absolute atomic E-state index is 0.0315. The molecular weight excluding hydrogens is 258 g/mol. The van der Waals surface area contributed by atoms with Crippen LogP contribution in [0, 0.1) is 5.92 Å². The summed E-state index contributed by atoms with van der Waals surface area (Å²) in [5.41, 5.74) is 0. The van der Waals surface area contributed by atoms with Gasteiger partial charge in [0.15, 0.2) is 0 Å². The van der Waals surface area contributed by atoms with Gasteiger partial charge in [0.05, 0.1) is 0 Å². The van der Waals surface area contributed by atoms with Crippen LogP contribution in [0.1, 0.15) is 33.1 Å². The highest BCUT2D eigenvalue weighted by Crippen LogP contribution is 2.20. The van der Waals surface area contributed by atoms with Gasteiger partial charge in [-0.15, -0.1) is 0 Å². The highest BCUT2D eigenvalue weighted by atomic mass is 16.4. The zero-order valence-electron chi connectivity index (χ0n) is 12.8. The Hall–Kier alpha value is -1.30. The lowest BCUT2D eigenvalue weighted by molar-refractivity contribution is -0.138. The van der Waals surface area contributed by atoms with E-state index in [0.717, 1.165) is 19.4 Å². The second kappa shape index (κ2) is 8.09. The Morgan fingerprint density at radius 2 is 1.95 bits per heavy atom. The lowest BCUT2D eigenvalue weighted by Gasteiger charge is -2.31. The summed E-state index contributed by atoms with van der Waals surface area (Å²) in [6.45, 7) is 7.03. The van der Waals surface area contributed by atoms with Crippen LogP contribution in [0.5, 0.6) is 0 Å². The zero-order valence-corrected chi connectivity index (χ0v) is 12.8. The molecule has 0 saturated carbocycles. The molecule has 1 aliphatic heterocycles. The fraction of sp³-hybridized carbons (Fsp3) is 0.857. The summed E-state index contributed by atoms with van der Waals surface area (Å²) in [6.07, 6.45) is 1.78. The Balaban J connectivity index is 2.21. The Morgan fingerprint density at radius 3 is 2.45 bits per heavy atom. The van der Waals surface area contributed by atoms with E-state index in [4.69, 9.17) is 5.11 Å². The first-order chi connectivity index (χ1) is 9.40. The number of carbonyl (C=O) groups is 2. The Labute approximate surface area is 121 Å². The number of piperidine rings is 1. The Bertz CT molecular complexity index is 326. The number of rotatable bonds is 6. The molecule has 1 heterocycles. The number of carboxylic acids is 1. The van der Waals surface area contributed by atoms with E-state index in [0.29, 0.717) is 25.7 Å². The second-order valence-electron chi connectivity index (χ2n) is 5.83. The van der Waals surface area contributed by atoms with Crippen LogP contribution in [-0.2, 0) is 4.79 Å². The molecule has 1 saturated heterocycles. The Kier molecular flexibility index (Phi) is 6.78. The fourth-order valence-corrected chi connectivity index (χ4v) is 2.30. The van der Waals surface area contributed by atoms with Crippen molar-refractivity contribution < 1.29 is 14.7 Å². The summed E-state index contributed by atoms with van der Waals surface area (Å²) in [6, 6.07) is 0.439. The normalized spacial score (nSPS) is 16.8. The van der Waals surface area contributed by atoms with Gasteiger partial charge >= 0.3 is 12.0 Å². The molecule has 0 radical (unpaired) electrons. The summed E-state index contributed by atoms with van der Waals surface area (Å²) >= 11 is 0. The van der Waals surface area contributed by atoms with E-state index < -0.39 is 5.97 Å². The smallest absolute Gasteiger partial charge is 0.317 e. The molecule has 0 atom stereocenters. The number of nitrogens with one attached hydrogen (secondary N) is 1. The molecule has 116 valence electrons. The van der Waals surface area contributed by atoms with Crippen LogP contribution in [0.25, 0.3) is 0 Å². The maximum atomic E-state index is 12.0. The first-order valence-electron chi connectivity index (χ1n) is 7.35. The van der Waals surface area contributed by atoms with Gasteiger partial charge in [0.1, 0.15) is 0 Å². The summed E-state index contributed by atoms with van der Waals surface area (Å²) in [7, 11) is 2.04. The molecule has 1 fully saturated rings. The topological polar surface area (TPSA) is 72.9 Å². The maximum Gasteiger partial charge on any atom is 0.317 e. The average Bonchev–Trinajstić information content (AvgIpc) is 2.38. The van der Waals surface area contributed by atoms with Gasteiger partial charge in [0, 0.05) is 38.6 Å². The summed E-state index contributed by atoms with van der Waals surface area (Å²) < 4.78 is 0. The van der Waals surface area contributed by atoms with E-state index in [9.17, 15) is 9.59 Å². The van der Waals surface area contributed by atoms with Crippen LogP contribution < -0.4 is 5.32 Å². The molecule has 2 amide bonds. The molecule has 0 aromatic carbocycles. The standard InChI is InChI=1S/C14H27N3O3/c1-11(2)16(3)9-6-15-14(20)17-7-4-12(5-8-17)10-13(18)19/h11-12H,4-10H2,1-3H3,(H,15,20)(H,18,19). The monoisotopic (exact) mass is 285 g/mol. The highest BCUT2D eigenvalue weighted by Gasteiger charge is 2.24. The first-order valence-corrected chi connectivity index (χ1v) is 7.35. The predicted molar refractivity (Wildman–Crippen MR) is 77.7 cm³/mol. The van der Waals surface area contributed by atoms with Gasteiger partial charge in [0.25, 0.3) is 0 Å². The number of amides is 2. The lowest BCUT2D eigenvalue weighted by atomic mass is 9.94. The van der Waals surface area contributed by atoms with Crippen LogP contribution in [0.4, 0.5) is 4.79 Å². The van der Waals surface area contributed by atoms with E-state index in [-0.39, 0.29) is 18.4 Å². The molecule has 0 aromatic rings. The summed E-state index contributed by atoms with van der Waals surface area (Å²) in [5, 5.41) is 11.7. The quantitative estimate of drug-likeness (QED) is 0.769. The molecule has 20 heavy (non-hydrogen) atoms. The number of hydrogen-bond acceptors (Lipinski definition) is 3. The largest absolute Gasteiger partial charge is 0.481 e. The van der Waals surface area contributed by atoms with Crippen molar-refractivity contribution in [3.8, 4) is 0 Å². The summed E-state index contributed by atoms with van der Waals surface area (Å²) in [4.78, 5) is 26.6. The lowest BCUT2D eigenvalue weighted by Crippen LogP contribution is -2.46. The van der Waals surface area contributed by atoms with E-state index in [1.165, 1.54) is 0 Å². The summed E-state index contributed by atoms with van der Waals surface area (Å²) in [5.74, 6) is -0.534. The van der Waals surface area contributed by atoms with E-state index in [1.807, 2.05) is 7.05 Å². The van der Waals surface area contributed by atoms with Gasteiger partial charge < -0.3 is 20.2 Å². The molecule has 0 aliphatic carbocycles. The van der Waals surface area contributed by atoms with Gasteiger partial charge in [-0.25, -0.2) is 4.79 Å². The third-order valence-electron chi connectivity index (χ3n) is 3.99. The molecule has 1 rings (SSSR count). The third-order valence-corrected chi connectivity index (χ3v) is 3.99. The van der Waals surface area contributed by atoms with Crippen LogP contribution in [-0.4, -0.2) is 66.2 Å². The van der Waals surface area contributed by atoms with Crippen LogP contribution >= 0.6 is 0 Å². The number of likely N-dealkylation sites (N-methyl/N-ethyl adjacent to an activating group) is 1. The van der Waals surface area contributed by atoms with Crippen molar-refractivity contribution >= 4 is 12.0 Å². The van der Waals surface area contributed by atoms with Gasteiger partial charge in [-0.3, -0.25) is 4.79 Å². The number of hydrogen-bond donors (Lipinski definition) is 2. The van der Waals surface area contributed by atoms with Gasteiger partial charge in [-0.1, -0.05) is 0 Å². The molecular formula is C14H27N3O3. The first kappa shape index (κ1) is 16.8. The van der Waals surface area contributed by atoms with Crippen LogP contribution in [0.15, 0.2) is 0 Å². The van der Waals surface area contributed by atoms with Crippen molar-refractivity contribution in [2.45, 2.75) is 39.2 Å². The van der Waals surface area contributed by atoms with Gasteiger partial charge in [-0.2, -0.15) is 0 Å². The van der Waals surface area contributed by atoms with Crippen LogP contribution in [0.3, 0.4) is 0 Å². The average molecular weight is 285 g/mol. The van der Waals surface area contributed by atoms with E-state index >= 15 is 0 Å². The van der Waals surface area contributed by atoms with E-state index in [1.54, 1.807) is 4.90 Å². The second-order valence-corrected chi connectivity index (χ2v) is 5.83. The fourth-order valence-electron chi connectivity index (χ4n) is 2.30. The van der Waals surface area contributed by atoms with Crippen molar-refractivity contribution in [1.29, 1.82) is 0 Å². The van der Waals surface area contributed by atoms with E-state index in [2.05, 4.69) is 24.1 Å². The Morgan fingerprint density at radius 1 is 1.35 bits per heavy atom. The molecule has 6 heteroatoms. The predicted octanol–water partition coefficient (Wildman–Crippen LogP) is 1.22. The van der Waals surface area contributed by atoms with Crippen LogP contribution in [0.2, 0.25) is 0 Å². The number of carboxylic acid groups (broad SMARTS) is 1. The van der Waals surface area contributed by atoms with Crippen molar-refractivity contribution in [2.75, 3.05) is 33.2 Å². The van der Waals surface area contributed by atoms with Crippen molar-refractivity contribution in [2.24, 2.45) is 5.92 Å². The van der Waals surface area contributed by atoms with Crippen molar-refractivity contribution in [1.82, 2.24) is 15.1 Å². The van der Waals surface area contributed by atoms with Crippen molar-refractivity contribution in [3.05, 3.63) is 0 Å². The van der Waals surface area contributed by atoms with Gasteiger partial charge in [-0.05, 0) is 39.7 Å². The number of carbonyl (C=O) groups excluding carboxylic acids is 1. The van der Waals surface area contributed by atoms with Gasteiger partial charge in [0.2, 0.25) is 0 Å². The molecule has 0 aromatic heterocycles. The number of urea groups is 1. The number of aliphatic carboxylic acids is 1. The molecule has 0 spiro atoms. The molecule has 1 aliphatic rings. The number of likely N-dealkylation sites (tertiary alicyclic amines) is 1. The minimum Gasteiger partial charge on any atom is -0.481 e. The SMILES string of the molecule is CC(C)N(C)CCNC(=O)N1CCC(CC(=O)O)CC1. The highest BCUT2D eigenvalue weighted by molar-refractivity contribution is 5.74. The molecule has 6 nitrogen and oxygen atoms in total. The molecule has 0 unspecified atom stereocenters. The number of nitrogens with zero attached hydrogens (tertiary/aromatic N) is 2. The maximum absolute atomic E-state index is 12.0. The molecule has 0 bridgehead atoms. The minimum atomic E-state index is -0.746. The van der Waals surface area contributed by atoms with Crippen molar-refractivity contribution in [3.63, 3.8) is 0 Å². The zero-order chi connectivity index (χ0) is 15.1. The third kappa shape index (κ3) is 5.77. The molecule has 2 N–H and O–H groups in total.